The SMILES string of the molecule is CC(C)c1ccccc1OCc1ccc(I)cc1. The molecule has 2 aromatic rings. The lowest BCUT2D eigenvalue weighted by molar-refractivity contribution is 0.302. The molecule has 0 unspecified atom stereocenters. The summed E-state index contributed by atoms with van der Waals surface area (Å²) in [7, 11) is 0. The Hall–Kier alpha value is -1.03. The van der Waals surface area contributed by atoms with Gasteiger partial charge >= 0.3 is 0 Å². The van der Waals surface area contributed by atoms with Crippen LogP contribution in [0.25, 0.3) is 0 Å². The van der Waals surface area contributed by atoms with Gasteiger partial charge in [-0.1, -0.05) is 44.2 Å². The Morgan fingerprint density at radius 2 is 1.67 bits per heavy atom. The highest BCUT2D eigenvalue weighted by Gasteiger charge is 2.06. The Balaban J connectivity index is 2.08. The zero-order valence-corrected chi connectivity index (χ0v) is 12.8. The highest BCUT2D eigenvalue weighted by Crippen LogP contribution is 2.26. The van der Waals surface area contributed by atoms with Crippen LogP contribution >= 0.6 is 22.6 Å². The number of para-hydroxylation sites is 1. The molecule has 94 valence electrons. The first-order chi connectivity index (χ1) is 8.66. The molecule has 2 heteroatoms. The van der Waals surface area contributed by atoms with E-state index in [9.17, 15) is 0 Å². The Kier molecular flexibility index (Phi) is 4.64. The van der Waals surface area contributed by atoms with Gasteiger partial charge in [-0.05, 0) is 57.8 Å². The maximum Gasteiger partial charge on any atom is 0.123 e. The van der Waals surface area contributed by atoms with Gasteiger partial charge in [0.1, 0.15) is 12.4 Å². The Morgan fingerprint density at radius 3 is 2.33 bits per heavy atom. The lowest BCUT2D eigenvalue weighted by atomic mass is 10.0. The third-order valence-electron chi connectivity index (χ3n) is 2.85. The fourth-order valence-electron chi connectivity index (χ4n) is 1.83. The molecule has 0 amide bonds. The van der Waals surface area contributed by atoms with Gasteiger partial charge in [0.2, 0.25) is 0 Å². The van der Waals surface area contributed by atoms with E-state index in [4.69, 9.17) is 4.74 Å². The van der Waals surface area contributed by atoms with Gasteiger partial charge in [0.15, 0.2) is 0 Å². The first kappa shape index (κ1) is 13.4. The zero-order valence-electron chi connectivity index (χ0n) is 10.7. The van der Waals surface area contributed by atoms with Crippen LogP contribution in [-0.4, -0.2) is 0 Å². The second-order valence-electron chi connectivity index (χ2n) is 4.61. The molecular weight excluding hydrogens is 335 g/mol. The van der Waals surface area contributed by atoms with Crippen LogP contribution in [0, 0.1) is 3.57 Å². The van der Waals surface area contributed by atoms with Gasteiger partial charge in [0.05, 0.1) is 0 Å². The average molecular weight is 352 g/mol. The van der Waals surface area contributed by atoms with Gasteiger partial charge in [0, 0.05) is 3.57 Å². The second-order valence-corrected chi connectivity index (χ2v) is 5.85. The highest BCUT2D eigenvalue weighted by molar-refractivity contribution is 14.1. The second kappa shape index (κ2) is 6.23. The maximum atomic E-state index is 5.92. The Morgan fingerprint density at radius 1 is 1.00 bits per heavy atom. The summed E-state index contributed by atoms with van der Waals surface area (Å²) in [5.74, 6) is 1.48. The van der Waals surface area contributed by atoms with Gasteiger partial charge in [0.25, 0.3) is 0 Å². The molecule has 0 heterocycles. The van der Waals surface area contributed by atoms with Crippen molar-refractivity contribution in [1.82, 2.24) is 0 Å². The minimum atomic E-state index is 0.484. The lowest BCUT2D eigenvalue weighted by Gasteiger charge is -2.13. The summed E-state index contributed by atoms with van der Waals surface area (Å²) in [6, 6.07) is 16.7. The minimum Gasteiger partial charge on any atom is -0.489 e. The number of hydrogen-bond donors (Lipinski definition) is 0. The standard InChI is InChI=1S/C16H17IO/c1-12(2)15-5-3-4-6-16(15)18-11-13-7-9-14(17)10-8-13/h3-10,12H,11H2,1-2H3. The fraction of sp³-hybridized carbons (Fsp3) is 0.250. The number of hydrogen-bond acceptors (Lipinski definition) is 1. The van der Waals surface area contributed by atoms with Crippen molar-refractivity contribution < 1.29 is 4.74 Å². The van der Waals surface area contributed by atoms with E-state index < -0.39 is 0 Å². The van der Waals surface area contributed by atoms with E-state index >= 15 is 0 Å². The molecule has 0 spiro atoms. The van der Waals surface area contributed by atoms with Crippen LogP contribution in [0.2, 0.25) is 0 Å². The van der Waals surface area contributed by atoms with Crippen molar-refractivity contribution in [3.63, 3.8) is 0 Å². The van der Waals surface area contributed by atoms with Crippen LogP contribution in [-0.2, 0) is 6.61 Å². The highest BCUT2D eigenvalue weighted by atomic mass is 127. The number of benzene rings is 2. The first-order valence-corrected chi connectivity index (χ1v) is 7.21. The van der Waals surface area contributed by atoms with E-state index in [0.717, 1.165) is 5.75 Å². The fourth-order valence-corrected chi connectivity index (χ4v) is 2.19. The Bertz CT molecular complexity index is 503. The lowest BCUT2D eigenvalue weighted by Crippen LogP contribution is -1.99. The number of rotatable bonds is 4. The molecule has 0 aromatic heterocycles. The average Bonchev–Trinajstić information content (AvgIpc) is 2.38. The topological polar surface area (TPSA) is 9.23 Å². The van der Waals surface area contributed by atoms with E-state index in [-0.39, 0.29) is 0 Å². The van der Waals surface area contributed by atoms with Crippen molar-refractivity contribution in [3.05, 3.63) is 63.2 Å². The molecule has 0 radical (unpaired) electrons. The molecule has 0 aliphatic carbocycles. The van der Waals surface area contributed by atoms with E-state index in [2.05, 4.69) is 72.8 Å². The van der Waals surface area contributed by atoms with Crippen molar-refractivity contribution in [2.24, 2.45) is 0 Å². The van der Waals surface area contributed by atoms with Crippen LogP contribution in [0.1, 0.15) is 30.9 Å². The third-order valence-corrected chi connectivity index (χ3v) is 3.57. The summed E-state index contributed by atoms with van der Waals surface area (Å²) < 4.78 is 7.17. The summed E-state index contributed by atoms with van der Waals surface area (Å²) >= 11 is 2.31. The van der Waals surface area contributed by atoms with E-state index in [1.54, 1.807) is 0 Å². The van der Waals surface area contributed by atoms with E-state index in [1.165, 1.54) is 14.7 Å². The van der Waals surface area contributed by atoms with Gasteiger partial charge in [-0.15, -0.1) is 0 Å². The summed E-state index contributed by atoms with van der Waals surface area (Å²) in [5, 5.41) is 0. The van der Waals surface area contributed by atoms with Crippen LogP contribution in [0.4, 0.5) is 0 Å². The van der Waals surface area contributed by atoms with Crippen molar-refractivity contribution >= 4 is 22.6 Å². The quantitative estimate of drug-likeness (QED) is 0.704. The number of halogens is 1. The van der Waals surface area contributed by atoms with Crippen LogP contribution in [0.15, 0.2) is 48.5 Å². The molecule has 18 heavy (non-hydrogen) atoms. The normalized spacial score (nSPS) is 10.7. The first-order valence-electron chi connectivity index (χ1n) is 6.13. The number of ether oxygens (including phenoxy) is 1. The van der Waals surface area contributed by atoms with Crippen LogP contribution in [0.3, 0.4) is 0 Å². The van der Waals surface area contributed by atoms with E-state index in [0.29, 0.717) is 12.5 Å². The van der Waals surface area contributed by atoms with Crippen molar-refractivity contribution in [2.75, 3.05) is 0 Å². The molecule has 0 fully saturated rings. The monoisotopic (exact) mass is 352 g/mol. The van der Waals surface area contributed by atoms with Crippen molar-refractivity contribution in [1.29, 1.82) is 0 Å². The zero-order chi connectivity index (χ0) is 13.0. The van der Waals surface area contributed by atoms with Crippen LogP contribution in [0.5, 0.6) is 5.75 Å². The molecule has 2 rings (SSSR count). The summed E-state index contributed by atoms with van der Waals surface area (Å²) in [6.07, 6.45) is 0. The molecule has 0 aliphatic rings. The van der Waals surface area contributed by atoms with Crippen LogP contribution < -0.4 is 4.74 Å². The molecular formula is C16H17IO. The summed E-state index contributed by atoms with van der Waals surface area (Å²) in [6.45, 7) is 5.00. The molecule has 0 atom stereocenters. The van der Waals surface area contributed by atoms with Crippen molar-refractivity contribution in [3.8, 4) is 5.75 Å². The molecule has 0 aliphatic heterocycles. The molecule has 0 saturated carbocycles. The third kappa shape index (κ3) is 3.48. The predicted molar refractivity (Wildman–Crippen MR) is 84.0 cm³/mol. The predicted octanol–water partition coefficient (Wildman–Crippen LogP) is 4.99. The minimum absolute atomic E-state index is 0.484. The molecule has 1 nitrogen and oxygen atoms in total. The molecule has 2 aromatic carbocycles. The summed E-state index contributed by atoms with van der Waals surface area (Å²) in [4.78, 5) is 0. The largest absolute Gasteiger partial charge is 0.489 e. The van der Waals surface area contributed by atoms with Gasteiger partial charge < -0.3 is 4.74 Å². The smallest absolute Gasteiger partial charge is 0.123 e. The molecule has 0 N–H and O–H groups in total. The summed E-state index contributed by atoms with van der Waals surface area (Å²) in [5.41, 5.74) is 2.47. The molecule has 0 saturated heterocycles. The van der Waals surface area contributed by atoms with Gasteiger partial charge in [-0.2, -0.15) is 0 Å². The van der Waals surface area contributed by atoms with Gasteiger partial charge in [-0.3, -0.25) is 0 Å². The Labute approximate surface area is 122 Å². The van der Waals surface area contributed by atoms with Crippen molar-refractivity contribution in [2.45, 2.75) is 26.4 Å². The van der Waals surface area contributed by atoms with E-state index in [1.807, 2.05) is 12.1 Å². The maximum absolute atomic E-state index is 5.92. The van der Waals surface area contributed by atoms with Gasteiger partial charge in [-0.25, -0.2) is 0 Å². The molecule has 0 bridgehead atoms.